The van der Waals surface area contributed by atoms with Gasteiger partial charge >= 0.3 is 0 Å². The molecule has 5 rings (SSSR count). The van der Waals surface area contributed by atoms with Crippen LogP contribution in [0.1, 0.15) is 31.9 Å². The Kier molecular flexibility index (Phi) is 4.22. The lowest BCUT2D eigenvalue weighted by molar-refractivity contribution is -0.131. The van der Waals surface area contributed by atoms with Gasteiger partial charge in [0.15, 0.2) is 0 Å². The van der Waals surface area contributed by atoms with Crippen LogP contribution in [-0.2, 0) is 9.59 Å². The molecule has 150 valence electrons. The van der Waals surface area contributed by atoms with Crippen LogP contribution in [0.2, 0.25) is 0 Å². The first kappa shape index (κ1) is 18.3. The van der Waals surface area contributed by atoms with E-state index in [1.165, 1.54) is 4.90 Å². The zero-order valence-electron chi connectivity index (χ0n) is 16.7. The smallest absolute Gasteiger partial charge is 0.256 e. The van der Waals surface area contributed by atoms with E-state index < -0.39 is 11.5 Å². The number of amides is 2. The monoisotopic (exact) mass is 391 g/mol. The maximum atomic E-state index is 13.7. The highest BCUT2D eigenvalue weighted by Crippen LogP contribution is 2.54. The molecule has 0 bridgehead atoms. The molecule has 3 aliphatic rings. The van der Waals surface area contributed by atoms with E-state index in [-0.39, 0.29) is 17.9 Å². The van der Waals surface area contributed by atoms with Gasteiger partial charge in [-0.3, -0.25) is 9.59 Å². The predicted octanol–water partition coefficient (Wildman–Crippen LogP) is 3.01. The molecular formula is C23H25N3O3. The number of hydrogen-bond acceptors (Lipinski definition) is 5. The number of carbonyl (C=O) groups excluding carboxylic acids is 2. The fraction of sp³-hybridized carbons (Fsp3) is 0.391. The number of imide groups is 1. The molecule has 3 unspecified atom stereocenters. The highest BCUT2D eigenvalue weighted by Gasteiger charge is 2.70. The van der Waals surface area contributed by atoms with E-state index >= 15 is 0 Å². The van der Waals surface area contributed by atoms with Crippen molar-refractivity contribution in [2.24, 2.45) is 5.92 Å². The molecule has 3 fully saturated rings. The summed E-state index contributed by atoms with van der Waals surface area (Å²) in [5, 5.41) is 4.38. The molecular weight excluding hydrogens is 366 g/mol. The molecule has 3 heterocycles. The Morgan fingerprint density at radius 1 is 1.03 bits per heavy atom. The van der Waals surface area contributed by atoms with E-state index in [1.54, 1.807) is 12.1 Å². The first-order valence-corrected chi connectivity index (χ1v) is 10.3. The van der Waals surface area contributed by atoms with Crippen molar-refractivity contribution in [2.45, 2.75) is 31.8 Å². The lowest BCUT2D eigenvalue weighted by atomic mass is 9.81. The highest BCUT2D eigenvalue weighted by molar-refractivity contribution is 6.26. The van der Waals surface area contributed by atoms with Gasteiger partial charge in [-0.25, -0.2) is 14.9 Å². The van der Waals surface area contributed by atoms with E-state index in [9.17, 15) is 9.59 Å². The summed E-state index contributed by atoms with van der Waals surface area (Å²) in [5.74, 6) is 0.0470. The quantitative estimate of drug-likeness (QED) is 0.750. The minimum absolute atomic E-state index is 0.118. The number of hydrogen-bond donors (Lipinski definition) is 0. The molecule has 0 spiro atoms. The minimum Gasteiger partial charge on any atom is -0.494 e. The largest absolute Gasteiger partial charge is 0.494 e. The number of fused-ring (bicyclic) bond motifs is 3. The van der Waals surface area contributed by atoms with E-state index in [0.717, 1.165) is 30.8 Å². The van der Waals surface area contributed by atoms with Gasteiger partial charge in [-0.05, 0) is 50.1 Å². The first-order chi connectivity index (χ1) is 14.1. The highest BCUT2D eigenvalue weighted by atomic mass is 16.5. The molecule has 2 amide bonds. The zero-order chi connectivity index (χ0) is 20.2. The van der Waals surface area contributed by atoms with Gasteiger partial charge in [0.1, 0.15) is 11.3 Å². The second-order valence-corrected chi connectivity index (χ2v) is 8.03. The average molecular weight is 391 g/mol. The van der Waals surface area contributed by atoms with E-state index in [1.807, 2.05) is 44.2 Å². The summed E-state index contributed by atoms with van der Waals surface area (Å²) in [7, 11) is 0. The van der Waals surface area contributed by atoms with Crippen LogP contribution in [0, 0.1) is 5.92 Å². The number of rotatable bonds is 4. The van der Waals surface area contributed by atoms with Gasteiger partial charge in [-0.15, -0.1) is 0 Å². The third kappa shape index (κ3) is 2.49. The summed E-state index contributed by atoms with van der Waals surface area (Å²) in [5.41, 5.74) is 0.839. The van der Waals surface area contributed by atoms with Crippen molar-refractivity contribution in [1.82, 2.24) is 10.0 Å². The third-order valence-corrected chi connectivity index (χ3v) is 6.52. The Labute approximate surface area is 170 Å². The van der Waals surface area contributed by atoms with Gasteiger partial charge in [0.25, 0.3) is 5.91 Å². The Balaban J connectivity index is 1.57. The normalized spacial score (nSPS) is 29.4. The summed E-state index contributed by atoms with van der Waals surface area (Å²) < 4.78 is 5.50. The Bertz CT molecular complexity index is 946. The molecule has 0 aliphatic carbocycles. The van der Waals surface area contributed by atoms with Crippen molar-refractivity contribution in [3.05, 3.63) is 60.2 Å². The van der Waals surface area contributed by atoms with Crippen LogP contribution in [0.5, 0.6) is 5.75 Å². The van der Waals surface area contributed by atoms with Crippen LogP contribution < -0.4 is 9.64 Å². The maximum absolute atomic E-state index is 13.7. The molecule has 2 aromatic rings. The second-order valence-electron chi connectivity index (χ2n) is 8.03. The molecule has 0 saturated carbocycles. The van der Waals surface area contributed by atoms with Crippen LogP contribution in [0.4, 0.5) is 5.69 Å². The average Bonchev–Trinajstić information content (AvgIpc) is 3.36. The van der Waals surface area contributed by atoms with Crippen molar-refractivity contribution < 1.29 is 14.3 Å². The summed E-state index contributed by atoms with van der Waals surface area (Å²) in [6.07, 6.45) is 0.996. The van der Waals surface area contributed by atoms with Crippen LogP contribution in [0.15, 0.2) is 54.6 Å². The summed E-state index contributed by atoms with van der Waals surface area (Å²) in [6, 6.07) is 17.2. The van der Waals surface area contributed by atoms with Crippen molar-refractivity contribution in [2.75, 3.05) is 24.6 Å². The number of hydrazine groups is 1. The van der Waals surface area contributed by atoms with Crippen molar-refractivity contribution in [3.63, 3.8) is 0 Å². The second kappa shape index (κ2) is 6.68. The lowest BCUT2D eigenvalue weighted by Crippen LogP contribution is -2.52. The van der Waals surface area contributed by atoms with Crippen molar-refractivity contribution >= 4 is 17.5 Å². The Hall–Kier alpha value is -2.70. The summed E-state index contributed by atoms with van der Waals surface area (Å²) in [6.45, 7) is 6.11. The minimum atomic E-state index is -0.854. The summed E-state index contributed by atoms with van der Waals surface area (Å²) >= 11 is 0. The molecule has 3 aliphatic heterocycles. The molecule has 6 nitrogen and oxygen atoms in total. The SMILES string of the molecule is CCOc1ccc(N2C(=O)C3C(c4ccccc4)N4CCCN4C3(C)C2=O)cc1. The van der Waals surface area contributed by atoms with Gasteiger partial charge in [0, 0.05) is 13.1 Å². The van der Waals surface area contributed by atoms with Gasteiger partial charge in [-0.2, -0.15) is 0 Å². The van der Waals surface area contributed by atoms with E-state index in [0.29, 0.717) is 12.3 Å². The topological polar surface area (TPSA) is 53.1 Å². The van der Waals surface area contributed by atoms with Crippen LogP contribution in [-0.4, -0.2) is 47.1 Å². The number of anilines is 1. The number of nitrogens with zero attached hydrogens (tertiary/aromatic N) is 3. The fourth-order valence-electron chi connectivity index (χ4n) is 5.26. The van der Waals surface area contributed by atoms with Crippen LogP contribution in [0.3, 0.4) is 0 Å². The van der Waals surface area contributed by atoms with Crippen LogP contribution in [0.25, 0.3) is 0 Å². The van der Waals surface area contributed by atoms with Crippen molar-refractivity contribution in [1.29, 1.82) is 0 Å². The molecule has 3 saturated heterocycles. The molecule has 0 radical (unpaired) electrons. The Morgan fingerprint density at radius 3 is 2.45 bits per heavy atom. The maximum Gasteiger partial charge on any atom is 0.256 e. The van der Waals surface area contributed by atoms with Gasteiger partial charge in [0.05, 0.1) is 24.3 Å². The fourth-order valence-corrected chi connectivity index (χ4v) is 5.26. The predicted molar refractivity (Wildman–Crippen MR) is 109 cm³/mol. The number of benzene rings is 2. The van der Waals surface area contributed by atoms with Crippen LogP contribution >= 0.6 is 0 Å². The first-order valence-electron chi connectivity index (χ1n) is 10.3. The molecule has 0 aromatic heterocycles. The Morgan fingerprint density at radius 2 is 1.76 bits per heavy atom. The van der Waals surface area contributed by atoms with E-state index in [4.69, 9.17) is 4.74 Å². The standard InChI is InChI=1S/C23H25N3O3/c1-3-29-18-12-10-17(11-13-18)26-21(27)19-20(16-8-5-4-6-9-16)24-14-7-15-25(24)23(19,2)22(26)28/h4-6,8-13,19-20H,3,7,14-15H2,1-2H3. The van der Waals surface area contributed by atoms with Gasteiger partial charge < -0.3 is 4.74 Å². The van der Waals surface area contributed by atoms with Crippen molar-refractivity contribution in [3.8, 4) is 5.75 Å². The summed E-state index contributed by atoms with van der Waals surface area (Å²) in [4.78, 5) is 28.7. The van der Waals surface area contributed by atoms with Gasteiger partial charge in [0.2, 0.25) is 5.91 Å². The molecule has 6 heteroatoms. The molecule has 29 heavy (non-hydrogen) atoms. The molecule has 3 atom stereocenters. The zero-order valence-corrected chi connectivity index (χ0v) is 16.7. The molecule has 0 N–H and O–H groups in total. The molecule has 2 aromatic carbocycles. The van der Waals surface area contributed by atoms with E-state index in [2.05, 4.69) is 22.2 Å². The number of ether oxygens (including phenoxy) is 1. The van der Waals surface area contributed by atoms with Gasteiger partial charge in [-0.1, -0.05) is 30.3 Å². The number of carbonyl (C=O) groups is 2. The lowest BCUT2D eigenvalue weighted by Gasteiger charge is -2.33. The third-order valence-electron chi connectivity index (χ3n) is 6.52.